The molecule has 92 valence electrons. The third kappa shape index (κ3) is 4.61. The smallest absolute Gasteiger partial charge is 0.211 e. The molecule has 0 aliphatic heterocycles. The second-order valence-corrected chi connectivity index (χ2v) is 6.68. The number of hydrogen-bond acceptors (Lipinski definition) is 4. The molecule has 4 nitrogen and oxygen atoms in total. The van der Waals surface area contributed by atoms with Crippen LogP contribution in [0.3, 0.4) is 0 Å². The van der Waals surface area contributed by atoms with Gasteiger partial charge in [-0.3, -0.25) is 0 Å². The summed E-state index contributed by atoms with van der Waals surface area (Å²) in [7, 11) is -3.16. The molecule has 1 heterocycles. The minimum atomic E-state index is -3.16. The van der Waals surface area contributed by atoms with Gasteiger partial charge < -0.3 is 5.73 Å². The van der Waals surface area contributed by atoms with E-state index in [2.05, 4.69) is 11.6 Å². The molecule has 0 atom stereocenters. The summed E-state index contributed by atoms with van der Waals surface area (Å²) in [6.45, 7) is 2.87. The minimum Gasteiger partial charge on any atom is -0.330 e. The van der Waals surface area contributed by atoms with E-state index in [4.69, 9.17) is 5.73 Å². The van der Waals surface area contributed by atoms with Crippen molar-refractivity contribution in [2.75, 3.05) is 12.3 Å². The van der Waals surface area contributed by atoms with Gasteiger partial charge in [-0.1, -0.05) is 6.92 Å². The van der Waals surface area contributed by atoms with Crippen LogP contribution in [0.25, 0.3) is 0 Å². The van der Waals surface area contributed by atoms with E-state index in [1.165, 1.54) is 4.88 Å². The molecule has 0 fully saturated rings. The van der Waals surface area contributed by atoms with Gasteiger partial charge in [-0.2, -0.15) is 0 Å². The van der Waals surface area contributed by atoms with Crippen molar-refractivity contribution in [2.45, 2.75) is 26.3 Å². The van der Waals surface area contributed by atoms with Crippen molar-refractivity contribution in [3.05, 3.63) is 21.9 Å². The zero-order valence-electron chi connectivity index (χ0n) is 9.40. The van der Waals surface area contributed by atoms with Crippen molar-refractivity contribution < 1.29 is 8.42 Å². The van der Waals surface area contributed by atoms with E-state index in [0.717, 1.165) is 11.3 Å². The number of nitrogens with two attached hydrogens (primary N) is 1. The molecule has 0 saturated heterocycles. The van der Waals surface area contributed by atoms with Gasteiger partial charge in [-0.05, 0) is 31.5 Å². The van der Waals surface area contributed by atoms with Gasteiger partial charge in [0.25, 0.3) is 0 Å². The van der Waals surface area contributed by atoms with E-state index in [1.54, 1.807) is 11.3 Å². The fraction of sp³-hybridized carbons (Fsp3) is 0.600. The normalized spacial score (nSPS) is 11.9. The number of hydrogen-bond donors (Lipinski definition) is 2. The highest BCUT2D eigenvalue weighted by Crippen LogP contribution is 2.16. The van der Waals surface area contributed by atoms with Crippen LogP contribution in [-0.4, -0.2) is 20.7 Å². The topological polar surface area (TPSA) is 72.2 Å². The van der Waals surface area contributed by atoms with Crippen LogP contribution in [0, 0.1) is 0 Å². The van der Waals surface area contributed by atoms with Crippen LogP contribution in [0.5, 0.6) is 0 Å². The third-order valence-corrected chi connectivity index (χ3v) is 4.79. The average Bonchev–Trinajstić information content (AvgIpc) is 2.72. The molecule has 0 radical (unpaired) electrons. The Labute approximate surface area is 101 Å². The van der Waals surface area contributed by atoms with Crippen molar-refractivity contribution in [2.24, 2.45) is 5.73 Å². The first kappa shape index (κ1) is 13.6. The first-order valence-corrected chi connectivity index (χ1v) is 7.79. The van der Waals surface area contributed by atoms with Crippen LogP contribution in [-0.2, 0) is 23.0 Å². The summed E-state index contributed by atoms with van der Waals surface area (Å²) in [5.41, 5.74) is 5.27. The molecule has 0 aliphatic rings. The van der Waals surface area contributed by atoms with E-state index in [1.807, 2.05) is 12.1 Å². The van der Waals surface area contributed by atoms with Crippen LogP contribution >= 0.6 is 11.3 Å². The lowest BCUT2D eigenvalue weighted by atomic mass is 10.4. The fourth-order valence-electron chi connectivity index (χ4n) is 1.23. The second-order valence-electron chi connectivity index (χ2n) is 3.50. The molecule has 0 amide bonds. The van der Waals surface area contributed by atoms with Crippen molar-refractivity contribution in [3.63, 3.8) is 0 Å². The van der Waals surface area contributed by atoms with Crippen molar-refractivity contribution in [3.8, 4) is 0 Å². The quantitative estimate of drug-likeness (QED) is 0.772. The molecule has 0 saturated carbocycles. The molecule has 0 bridgehead atoms. The van der Waals surface area contributed by atoms with E-state index in [0.29, 0.717) is 19.5 Å². The maximum atomic E-state index is 11.5. The lowest BCUT2D eigenvalue weighted by Crippen LogP contribution is -2.26. The predicted molar refractivity (Wildman–Crippen MR) is 68.0 cm³/mol. The predicted octanol–water partition coefficient (Wildman–Crippen LogP) is 1.08. The highest BCUT2D eigenvalue weighted by Gasteiger charge is 2.09. The molecule has 1 aromatic heterocycles. The van der Waals surface area contributed by atoms with Gasteiger partial charge in [0.2, 0.25) is 10.0 Å². The Balaban J connectivity index is 2.44. The Hall–Kier alpha value is -0.430. The Morgan fingerprint density at radius 3 is 2.62 bits per heavy atom. The zero-order chi connectivity index (χ0) is 12.0. The molecule has 16 heavy (non-hydrogen) atoms. The van der Waals surface area contributed by atoms with Gasteiger partial charge in [0.05, 0.1) is 5.75 Å². The molecule has 0 aromatic carbocycles. The SMILES string of the molecule is CCc1ccc(CNS(=O)(=O)CCCN)s1. The summed E-state index contributed by atoms with van der Waals surface area (Å²) in [5.74, 6) is 0.107. The molecule has 3 N–H and O–H groups in total. The van der Waals surface area contributed by atoms with E-state index >= 15 is 0 Å². The Bertz CT molecular complexity index is 412. The Morgan fingerprint density at radius 1 is 1.38 bits per heavy atom. The van der Waals surface area contributed by atoms with E-state index < -0.39 is 10.0 Å². The van der Waals surface area contributed by atoms with E-state index in [-0.39, 0.29) is 5.75 Å². The van der Waals surface area contributed by atoms with Gasteiger partial charge in [-0.15, -0.1) is 11.3 Å². The number of rotatable bonds is 7. The fourth-order valence-corrected chi connectivity index (χ4v) is 3.29. The van der Waals surface area contributed by atoms with E-state index in [9.17, 15) is 8.42 Å². The highest BCUT2D eigenvalue weighted by atomic mass is 32.2. The third-order valence-electron chi connectivity index (χ3n) is 2.15. The number of sulfonamides is 1. The largest absolute Gasteiger partial charge is 0.330 e. The van der Waals surface area contributed by atoms with Gasteiger partial charge in [0.1, 0.15) is 0 Å². The van der Waals surface area contributed by atoms with Crippen LogP contribution in [0.2, 0.25) is 0 Å². The van der Waals surface area contributed by atoms with Gasteiger partial charge in [0.15, 0.2) is 0 Å². The number of aryl methyl sites for hydroxylation is 1. The summed E-state index contributed by atoms with van der Waals surface area (Å²) in [4.78, 5) is 2.32. The molecule has 0 spiro atoms. The number of thiophene rings is 1. The first-order valence-electron chi connectivity index (χ1n) is 5.32. The Kier molecular flexibility index (Phi) is 5.40. The molecule has 0 aliphatic carbocycles. The monoisotopic (exact) mass is 262 g/mol. The average molecular weight is 262 g/mol. The highest BCUT2D eigenvalue weighted by molar-refractivity contribution is 7.89. The van der Waals surface area contributed by atoms with Gasteiger partial charge >= 0.3 is 0 Å². The first-order chi connectivity index (χ1) is 7.57. The maximum absolute atomic E-state index is 11.5. The molecule has 6 heteroatoms. The van der Waals surface area contributed by atoms with Crippen LogP contribution in [0.4, 0.5) is 0 Å². The maximum Gasteiger partial charge on any atom is 0.211 e. The standard InChI is InChI=1S/C10H18N2O2S2/c1-2-9-4-5-10(15-9)8-12-16(13,14)7-3-6-11/h4-5,12H,2-3,6-8,11H2,1H3. The molecular weight excluding hydrogens is 244 g/mol. The van der Waals surface area contributed by atoms with Gasteiger partial charge in [-0.25, -0.2) is 13.1 Å². The van der Waals surface area contributed by atoms with Crippen LogP contribution in [0.15, 0.2) is 12.1 Å². The lowest BCUT2D eigenvalue weighted by molar-refractivity contribution is 0.579. The molecule has 1 aromatic rings. The van der Waals surface area contributed by atoms with Crippen LogP contribution in [0.1, 0.15) is 23.1 Å². The summed E-state index contributed by atoms with van der Waals surface area (Å²) in [6.07, 6.45) is 1.49. The van der Waals surface area contributed by atoms with Crippen LogP contribution < -0.4 is 10.5 Å². The minimum absolute atomic E-state index is 0.107. The Morgan fingerprint density at radius 2 is 2.06 bits per heavy atom. The van der Waals surface area contributed by atoms with Crippen molar-refractivity contribution >= 4 is 21.4 Å². The summed E-state index contributed by atoms with van der Waals surface area (Å²) in [6, 6.07) is 4.00. The number of nitrogens with one attached hydrogen (secondary N) is 1. The molecular formula is C10H18N2O2S2. The molecule has 1 rings (SSSR count). The zero-order valence-corrected chi connectivity index (χ0v) is 11.0. The van der Waals surface area contributed by atoms with Crippen molar-refractivity contribution in [1.29, 1.82) is 0 Å². The summed E-state index contributed by atoms with van der Waals surface area (Å²) >= 11 is 1.65. The molecule has 0 unspecified atom stereocenters. The summed E-state index contributed by atoms with van der Waals surface area (Å²) in [5, 5.41) is 0. The van der Waals surface area contributed by atoms with Crippen molar-refractivity contribution in [1.82, 2.24) is 4.72 Å². The summed E-state index contributed by atoms with van der Waals surface area (Å²) < 4.78 is 25.5. The second kappa shape index (κ2) is 6.34. The van der Waals surface area contributed by atoms with Gasteiger partial charge in [0, 0.05) is 16.3 Å². The lowest BCUT2D eigenvalue weighted by Gasteiger charge is -2.04.